The Morgan fingerprint density at radius 2 is 1.61 bits per heavy atom. The van der Waals surface area contributed by atoms with Gasteiger partial charge in [-0.05, 0) is 56.8 Å². The van der Waals surface area contributed by atoms with Crippen molar-refractivity contribution in [1.29, 1.82) is 0 Å². The van der Waals surface area contributed by atoms with Crippen LogP contribution in [-0.2, 0) is 9.59 Å². The first-order chi connectivity index (χ1) is 17.1. The van der Waals surface area contributed by atoms with E-state index in [0.29, 0.717) is 5.92 Å². The van der Waals surface area contributed by atoms with E-state index in [1.165, 1.54) is 31.4 Å². The second-order valence-electron chi connectivity index (χ2n) is 12.0. The van der Waals surface area contributed by atoms with E-state index in [4.69, 9.17) is 0 Å². The molecule has 0 aliphatic heterocycles. The molecule has 2 N–H and O–H groups in total. The fourth-order valence-corrected chi connectivity index (χ4v) is 5.57. The predicted molar refractivity (Wildman–Crippen MR) is 140 cm³/mol. The van der Waals surface area contributed by atoms with Gasteiger partial charge in [-0.25, -0.2) is 4.98 Å². The number of nitrogens with one attached hydrogen (secondary N) is 2. The van der Waals surface area contributed by atoms with Gasteiger partial charge in [-0.15, -0.1) is 0 Å². The third-order valence-corrected chi connectivity index (χ3v) is 7.72. The number of amides is 3. The molecule has 1 aromatic rings. The molecule has 200 valence electrons. The Morgan fingerprint density at radius 3 is 2.17 bits per heavy atom. The Hall–Kier alpha value is -2.51. The number of hydrogen-bond acceptors (Lipinski definition) is 5. The van der Waals surface area contributed by atoms with Crippen LogP contribution in [0, 0.1) is 17.3 Å². The quantitative estimate of drug-likeness (QED) is 0.532. The van der Waals surface area contributed by atoms with Gasteiger partial charge in [0.05, 0.1) is 6.20 Å². The molecule has 2 fully saturated rings. The molecule has 2 atom stereocenters. The van der Waals surface area contributed by atoms with Crippen molar-refractivity contribution in [3.63, 3.8) is 0 Å². The molecule has 3 amide bonds. The van der Waals surface area contributed by atoms with Crippen LogP contribution in [0.2, 0.25) is 0 Å². The summed E-state index contributed by atoms with van der Waals surface area (Å²) in [6, 6.07) is -1.36. The molecular formula is C28H45N5O3. The monoisotopic (exact) mass is 499 g/mol. The van der Waals surface area contributed by atoms with Crippen LogP contribution in [0.5, 0.6) is 0 Å². The second-order valence-corrected chi connectivity index (χ2v) is 12.0. The van der Waals surface area contributed by atoms with Crippen LogP contribution in [0.3, 0.4) is 0 Å². The van der Waals surface area contributed by atoms with Crippen molar-refractivity contribution in [1.82, 2.24) is 25.5 Å². The number of rotatable bonds is 9. The molecule has 0 bridgehead atoms. The zero-order chi connectivity index (χ0) is 26.3. The van der Waals surface area contributed by atoms with Crippen LogP contribution >= 0.6 is 0 Å². The average Bonchev–Trinajstić information content (AvgIpc) is 3.37. The normalized spacial score (nSPS) is 19.1. The summed E-state index contributed by atoms with van der Waals surface area (Å²) < 4.78 is 0. The molecule has 1 aromatic heterocycles. The molecule has 0 radical (unpaired) electrons. The van der Waals surface area contributed by atoms with E-state index in [-0.39, 0.29) is 29.5 Å². The van der Waals surface area contributed by atoms with E-state index in [9.17, 15) is 14.4 Å². The molecule has 8 nitrogen and oxygen atoms in total. The molecule has 8 heteroatoms. The highest BCUT2D eigenvalue weighted by Gasteiger charge is 2.40. The maximum absolute atomic E-state index is 13.9. The zero-order valence-electron chi connectivity index (χ0n) is 22.8. The Labute approximate surface area is 216 Å². The maximum Gasteiger partial charge on any atom is 0.272 e. The van der Waals surface area contributed by atoms with Gasteiger partial charge in [-0.3, -0.25) is 19.4 Å². The summed E-state index contributed by atoms with van der Waals surface area (Å²) in [5.74, 6) is -0.210. The number of hydrogen-bond donors (Lipinski definition) is 2. The fraction of sp³-hybridized carbons (Fsp3) is 0.750. The smallest absolute Gasteiger partial charge is 0.272 e. The minimum absolute atomic E-state index is 0.0229. The van der Waals surface area contributed by atoms with Crippen molar-refractivity contribution < 1.29 is 14.4 Å². The lowest BCUT2D eigenvalue weighted by molar-refractivity contribution is -0.142. The number of carbonyl (C=O) groups is 3. The first-order valence-electron chi connectivity index (χ1n) is 13.8. The molecule has 2 aliphatic rings. The van der Waals surface area contributed by atoms with Crippen molar-refractivity contribution >= 4 is 17.7 Å². The van der Waals surface area contributed by atoms with Gasteiger partial charge in [0.25, 0.3) is 5.91 Å². The second kappa shape index (κ2) is 12.6. The van der Waals surface area contributed by atoms with E-state index in [1.807, 2.05) is 39.5 Å². The van der Waals surface area contributed by atoms with Crippen molar-refractivity contribution in [2.45, 2.75) is 111 Å². The van der Waals surface area contributed by atoms with Crippen LogP contribution in [-0.4, -0.2) is 57.3 Å². The summed E-state index contributed by atoms with van der Waals surface area (Å²) in [6.07, 6.45) is 14.0. The highest BCUT2D eigenvalue weighted by molar-refractivity contribution is 5.97. The Bertz CT molecular complexity index is 871. The summed E-state index contributed by atoms with van der Waals surface area (Å²) in [5, 5.41) is 6.02. The molecule has 36 heavy (non-hydrogen) atoms. The molecule has 3 rings (SSSR count). The lowest BCUT2D eigenvalue weighted by atomic mass is 9.82. The Kier molecular flexibility index (Phi) is 9.85. The zero-order valence-corrected chi connectivity index (χ0v) is 22.8. The van der Waals surface area contributed by atoms with Crippen LogP contribution in [0.1, 0.15) is 103 Å². The molecule has 0 spiro atoms. The molecule has 2 saturated carbocycles. The van der Waals surface area contributed by atoms with Crippen molar-refractivity contribution in [2.24, 2.45) is 17.3 Å². The molecule has 1 unspecified atom stereocenters. The summed E-state index contributed by atoms with van der Waals surface area (Å²) in [5.41, 5.74) is -0.307. The lowest BCUT2D eigenvalue weighted by Gasteiger charge is -2.39. The largest absolute Gasteiger partial charge is 0.342 e. The lowest BCUT2D eigenvalue weighted by Crippen LogP contribution is -2.61. The summed E-state index contributed by atoms with van der Waals surface area (Å²) in [6.45, 7) is 10.8. The van der Waals surface area contributed by atoms with Gasteiger partial charge >= 0.3 is 0 Å². The maximum atomic E-state index is 13.9. The molecule has 2 aliphatic carbocycles. The van der Waals surface area contributed by atoms with Gasteiger partial charge in [-0.2, -0.15) is 0 Å². The predicted octanol–water partition coefficient (Wildman–Crippen LogP) is 4.11. The number of carbonyl (C=O) groups excluding carboxylic acids is 3. The van der Waals surface area contributed by atoms with E-state index in [1.54, 1.807) is 0 Å². The SMILES string of the molecule is CC(C)N(CC1CCCC1)C(=O)C(NC(=O)[C@@H](NC(=O)c1cnccn1)C1CCCCC1)C(C)(C)C. The third-order valence-electron chi connectivity index (χ3n) is 7.72. The first kappa shape index (κ1) is 28.1. The number of aromatic nitrogens is 2. The van der Waals surface area contributed by atoms with E-state index >= 15 is 0 Å². The van der Waals surface area contributed by atoms with E-state index in [0.717, 1.165) is 51.5 Å². The Morgan fingerprint density at radius 1 is 0.972 bits per heavy atom. The summed E-state index contributed by atoms with van der Waals surface area (Å²) >= 11 is 0. The molecule has 0 aromatic carbocycles. The van der Waals surface area contributed by atoms with Gasteiger partial charge in [-0.1, -0.05) is 52.9 Å². The van der Waals surface area contributed by atoms with Gasteiger partial charge in [0.15, 0.2) is 0 Å². The average molecular weight is 500 g/mol. The topological polar surface area (TPSA) is 104 Å². The third kappa shape index (κ3) is 7.50. The minimum atomic E-state index is -0.722. The van der Waals surface area contributed by atoms with Gasteiger partial charge < -0.3 is 15.5 Å². The van der Waals surface area contributed by atoms with Crippen LogP contribution < -0.4 is 10.6 Å². The fourth-order valence-electron chi connectivity index (χ4n) is 5.57. The van der Waals surface area contributed by atoms with Gasteiger partial charge in [0, 0.05) is 25.0 Å². The highest BCUT2D eigenvalue weighted by atomic mass is 16.2. The molecular weight excluding hydrogens is 454 g/mol. The van der Waals surface area contributed by atoms with Crippen molar-refractivity contribution in [2.75, 3.05) is 6.54 Å². The van der Waals surface area contributed by atoms with Crippen LogP contribution in [0.25, 0.3) is 0 Å². The molecule has 1 heterocycles. The standard InChI is InChI=1S/C28H45N5O3/c1-19(2)33(18-20-11-9-10-12-20)27(36)24(28(3,4)5)32-26(35)23(21-13-7-6-8-14-21)31-25(34)22-17-29-15-16-30-22/h15-17,19-21,23-24H,6-14,18H2,1-5H3,(H,31,34)(H,32,35)/t23-,24?/m0/s1. The summed E-state index contributed by atoms with van der Waals surface area (Å²) in [4.78, 5) is 50.6. The van der Waals surface area contributed by atoms with Gasteiger partial charge in [0.1, 0.15) is 17.8 Å². The van der Waals surface area contributed by atoms with Crippen LogP contribution in [0.4, 0.5) is 0 Å². The minimum Gasteiger partial charge on any atom is -0.342 e. The summed E-state index contributed by atoms with van der Waals surface area (Å²) in [7, 11) is 0. The van der Waals surface area contributed by atoms with Crippen LogP contribution in [0.15, 0.2) is 18.6 Å². The van der Waals surface area contributed by atoms with Crippen molar-refractivity contribution in [3.8, 4) is 0 Å². The first-order valence-corrected chi connectivity index (χ1v) is 13.8. The Balaban J connectivity index is 1.80. The van der Waals surface area contributed by atoms with E-state index < -0.39 is 23.4 Å². The number of nitrogens with zero attached hydrogens (tertiary/aromatic N) is 3. The van der Waals surface area contributed by atoms with Crippen molar-refractivity contribution in [3.05, 3.63) is 24.3 Å². The highest BCUT2D eigenvalue weighted by Crippen LogP contribution is 2.30. The molecule has 0 saturated heterocycles. The van der Waals surface area contributed by atoms with E-state index in [2.05, 4.69) is 20.6 Å². The van der Waals surface area contributed by atoms with Gasteiger partial charge in [0.2, 0.25) is 11.8 Å².